The lowest BCUT2D eigenvalue weighted by Gasteiger charge is -2.10. The molecule has 0 saturated heterocycles. The maximum absolute atomic E-state index is 3.58. The predicted octanol–water partition coefficient (Wildman–Crippen LogP) is 3.10. The van der Waals surface area contributed by atoms with Crippen LogP contribution < -0.4 is 5.32 Å². The molecule has 1 N–H and O–H groups in total. The Bertz CT molecular complexity index is 523. The van der Waals surface area contributed by atoms with Gasteiger partial charge in [-0.2, -0.15) is 0 Å². The van der Waals surface area contributed by atoms with E-state index in [2.05, 4.69) is 59.4 Å². The minimum Gasteiger partial charge on any atom is -0.346 e. The molecule has 2 nitrogen and oxygen atoms in total. The van der Waals surface area contributed by atoms with Crippen molar-refractivity contribution in [2.45, 2.75) is 38.9 Å². The van der Waals surface area contributed by atoms with Gasteiger partial charge >= 0.3 is 0 Å². The zero-order chi connectivity index (χ0) is 12.4. The fourth-order valence-electron chi connectivity index (χ4n) is 2.31. The third-order valence-electron chi connectivity index (χ3n) is 3.51. The molecule has 3 rings (SSSR count). The Morgan fingerprint density at radius 1 is 1.22 bits per heavy atom. The topological polar surface area (TPSA) is 17.0 Å². The number of hydrogen-bond acceptors (Lipinski definition) is 1. The molecule has 0 amide bonds. The molecule has 1 heterocycles. The lowest BCUT2D eigenvalue weighted by Crippen LogP contribution is -2.18. The Labute approximate surface area is 109 Å². The van der Waals surface area contributed by atoms with Gasteiger partial charge in [-0.05, 0) is 37.5 Å². The molecule has 1 saturated carbocycles. The minimum atomic E-state index is 0.771. The van der Waals surface area contributed by atoms with E-state index in [0.717, 1.165) is 19.1 Å². The zero-order valence-electron chi connectivity index (χ0n) is 10.9. The third-order valence-corrected chi connectivity index (χ3v) is 3.51. The number of hydrogen-bond donors (Lipinski definition) is 1. The van der Waals surface area contributed by atoms with E-state index < -0.39 is 0 Å². The summed E-state index contributed by atoms with van der Waals surface area (Å²) >= 11 is 0. The summed E-state index contributed by atoms with van der Waals surface area (Å²) in [6, 6.07) is 13.9. The van der Waals surface area contributed by atoms with Gasteiger partial charge in [0.1, 0.15) is 0 Å². The van der Waals surface area contributed by atoms with Crippen LogP contribution in [0.4, 0.5) is 0 Å². The summed E-state index contributed by atoms with van der Waals surface area (Å²) in [5.41, 5.74) is 4.08. The van der Waals surface area contributed by atoms with E-state index in [1.807, 2.05) is 0 Å². The van der Waals surface area contributed by atoms with Crippen LogP contribution in [-0.4, -0.2) is 10.6 Å². The minimum absolute atomic E-state index is 0.771. The molecule has 2 heteroatoms. The van der Waals surface area contributed by atoms with Crippen molar-refractivity contribution in [2.75, 3.05) is 0 Å². The van der Waals surface area contributed by atoms with Crippen LogP contribution >= 0.6 is 0 Å². The largest absolute Gasteiger partial charge is 0.346 e. The highest BCUT2D eigenvalue weighted by atomic mass is 15.0. The first-order valence-corrected chi connectivity index (χ1v) is 6.74. The number of aryl methyl sites for hydroxylation is 1. The second-order valence-corrected chi connectivity index (χ2v) is 5.27. The maximum atomic E-state index is 3.58. The van der Waals surface area contributed by atoms with E-state index >= 15 is 0 Å². The van der Waals surface area contributed by atoms with Crippen molar-refractivity contribution in [3.05, 3.63) is 59.4 Å². The molecule has 18 heavy (non-hydrogen) atoms. The fraction of sp³-hybridized carbons (Fsp3) is 0.375. The van der Waals surface area contributed by atoms with Gasteiger partial charge in [-0.25, -0.2) is 0 Å². The van der Waals surface area contributed by atoms with Crippen molar-refractivity contribution in [1.29, 1.82) is 0 Å². The van der Waals surface area contributed by atoms with E-state index in [1.54, 1.807) is 0 Å². The van der Waals surface area contributed by atoms with Crippen LogP contribution in [0.1, 0.15) is 29.7 Å². The van der Waals surface area contributed by atoms with Crippen LogP contribution in [-0.2, 0) is 13.1 Å². The van der Waals surface area contributed by atoms with Gasteiger partial charge in [-0.1, -0.05) is 29.8 Å². The molecule has 1 aromatic carbocycles. The highest BCUT2D eigenvalue weighted by molar-refractivity contribution is 5.23. The number of rotatable bonds is 5. The summed E-state index contributed by atoms with van der Waals surface area (Å²) in [5.74, 6) is 0. The van der Waals surface area contributed by atoms with E-state index in [4.69, 9.17) is 0 Å². The van der Waals surface area contributed by atoms with Crippen molar-refractivity contribution >= 4 is 0 Å². The monoisotopic (exact) mass is 240 g/mol. The second-order valence-electron chi connectivity index (χ2n) is 5.27. The molecule has 94 valence electrons. The van der Waals surface area contributed by atoms with E-state index in [0.29, 0.717) is 0 Å². The molecule has 0 radical (unpaired) electrons. The SMILES string of the molecule is Cc1cccc(Cn2cccc2CNC2CC2)c1. The van der Waals surface area contributed by atoms with Gasteiger partial charge in [-0.3, -0.25) is 0 Å². The maximum Gasteiger partial charge on any atom is 0.0473 e. The van der Waals surface area contributed by atoms with E-state index in [1.165, 1.54) is 29.7 Å². The molecule has 1 aliphatic carbocycles. The Morgan fingerprint density at radius 2 is 2.11 bits per heavy atom. The van der Waals surface area contributed by atoms with Crippen molar-refractivity contribution in [1.82, 2.24) is 9.88 Å². The first kappa shape index (κ1) is 11.5. The van der Waals surface area contributed by atoms with Gasteiger partial charge in [0.05, 0.1) is 0 Å². The average molecular weight is 240 g/mol. The summed E-state index contributed by atoms with van der Waals surface area (Å²) < 4.78 is 2.34. The van der Waals surface area contributed by atoms with Gasteiger partial charge in [0.2, 0.25) is 0 Å². The lowest BCUT2D eigenvalue weighted by atomic mass is 10.1. The highest BCUT2D eigenvalue weighted by Gasteiger charge is 2.20. The van der Waals surface area contributed by atoms with Crippen molar-refractivity contribution < 1.29 is 0 Å². The average Bonchev–Trinajstić information content (AvgIpc) is 3.08. The highest BCUT2D eigenvalue weighted by Crippen LogP contribution is 2.19. The van der Waals surface area contributed by atoms with Crippen LogP contribution in [0.25, 0.3) is 0 Å². The summed E-state index contributed by atoms with van der Waals surface area (Å²) in [5, 5.41) is 3.58. The van der Waals surface area contributed by atoms with Crippen LogP contribution in [0, 0.1) is 6.92 Å². The van der Waals surface area contributed by atoms with Gasteiger partial charge in [-0.15, -0.1) is 0 Å². The Kier molecular flexibility index (Phi) is 3.20. The van der Waals surface area contributed by atoms with Gasteiger partial charge < -0.3 is 9.88 Å². The smallest absolute Gasteiger partial charge is 0.0473 e. The first-order chi connectivity index (χ1) is 8.81. The van der Waals surface area contributed by atoms with Crippen LogP contribution in [0.3, 0.4) is 0 Å². The molecule has 0 bridgehead atoms. The summed E-state index contributed by atoms with van der Waals surface area (Å²) in [6.45, 7) is 4.11. The Balaban J connectivity index is 1.69. The summed E-state index contributed by atoms with van der Waals surface area (Å²) in [4.78, 5) is 0. The molecule has 1 fully saturated rings. The number of aromatic nitrogens is 1. The lowest BCUT2D eigenvalue weighted by molar-refractivity contribution is 0.634. The Morgan fingerprint density at radius 3 is 2.89 bits per heavy atom. The van der Waals surface area contributed by atoms with Crippen LogP contribution in [0.15, 0.2) is 42.6 Å². The van der Waals surface area contributed by atoms with Gasteiger partial charge in [0.25, 0.3) is 0 Å². The molecule has 0 unspecified atom stereocenters. The number of nitrogens with zero attached hydrogens (tertiary/aromatic N) is 1. The molecular formula is C16H20N2. The van der Waals surface area contributed by atoms with Gasteiger partial charge in [0.15, 0.2) is 0 Å². The van der Waals surface area contributed by atoms with Crippen molar-refractivity contribution in [3.8, 4) is 0 Å². The quantitative estimate of drug-likeness (QED) is 0.849. The molecule has 2 aromatic rings. The molecule has 0 atom stereocenters. The molecule has 1 aliphatic rings. The summed E-state index contributed by atoms with van der Waals surface area (Å²) in [6.07, 6.45) is 4.86. The van der Waals surface area contributed by atoms with Crippen LogP contribution in [0.2, 0.25) is 0 Å². The zero-order valence-corrected chi connectivity index (χ0v) is 10.9. The van der Waals surface area contributed by atoms with Crippen LogP contribution in [0.5, 0.6) is 0 Å². The number of nitrogens with one attached hydrogen (secondary N) is 1. The normalized spacial score (nSPS) is 14.9. The summed E-state index contributed by atoms with van der Waals surface area (Å²) in [7, 11) is 0. The molecule has 0 aliphatic heterocycles. The van der Waals surface area contributed by atoms with Crippen molar-refractivity contribution in [2.24, 2.45) is 0 Å². The Hall–Kier alpha value is -1.54. The third kappa shape index (κ3) is 2.82. The predicted molar refractivity (Wildman–Crippen MR) is 74.6 cm³/mol. The fourth-order valence-corrected chi connectivity index (χ4v) is 2.31. The molecule has 0 spiro atoms. The van der Waals surface area contributed by atoms with E-state index in [-0.39, 0.29) is 0 Å². The molecular weight excluding hydrogens is 220 g/mol. The number of benzene rings is 1. The molecule has 1 aromatic heterocycles. The van der Waals surface area contributed by atoms with Gasteiger partial charge in [0, 0.05) is 31.0 Å². The van der Waals surface area contributed by atoms with E-state index in [9.17, 15) is 0 Å². The first-order valence-electron chi connectivity index (χ1n) is 6.74. The standard InChI is InChI=1S/C16H20N2/c1-13-4-2-5-14(10-13)12-18-9-3-6-16(18)11-17-15-7-8-15/h2-6,9-10,15,17H,7-8,11-12H2,1H3. The van der Waals surface area contributed by atoms with Crippen molar-refractivity contribution in [3.63, 3.8) is 0 Å². The second kappa shape index (κ2) is 4.99.